The molecule has 0 aromatic carbocycles. The molecule has 126 valence electrons. The van der Waals surface area contributed by atoms with Crippen molar-refractivity contribution >= 4 is 40.9 Å². The van der Waals surface area contributed by atoms with E-state index >= 15 is 0 Å². The fraction of sp³-hybridized carbons (Fsp3) is 0.500. The van der Waals surface area contributed by atoms with Crippen LogP contribution in [-0.2, 0) is 9.59 Å². The number of carbonyl (C=O) groups is 2. The number of rotatable bonds is 5. The molecule has 0 radical (unpaired) electrons. The number of piperazine rings is 1. The molecule has 1 N–H and O–H groups in total. The third kappa shape index (κ3) is 4.95. The molecule has 0 atom stereocenters. The van der Waals surface area contributed by atoms with Gasteiger partial charge in [0.25, 0.3) is 0 Å². The zero-order valence-corrected chi connectivity index (χ0v) is 14.2. The predicted molar refractivity (Wildman–Crippen MR) is 88.2 cm³/mol. The molecule has 1 aliphatic heterocycles. The first kappa shape index (κ1) is 17.8. The number of aliphatic carboxylic acids is 1. The molecule has 1 fully saturated rings. The Labute approximate surface area is 144 Å². The molecule has 23 heavy (non-hydrogen) atoms. The van der Waals surface area contributed by atoms with Crippen LogP contribution in [0.1, 0.15) is 0 Å². The van der Waals surface area contributed by atoms with Crippen molar-refractivity contribution in [2.75, 3.05) is 51.2 Å². The van der Waals surface area contributed by atoms with Crippen molar-refractivity contribution in [3.8, 4) is 0 Å². The Kier molecular flexibility index (Phi) is 6.04. The molecular formula is C14H18Cl2N4O3. The second kappa shape index (κ2) is 7.81. The lowest BCUT2D eigenvalue weighted by Gasteiger charge is -2.36. The average molecular weight is 361 g/mol. The molecule has 9 heteroatoms. The van der Waals surface area contributed by atoms with Gasteiger partial charge in [-0.25, -0.2) is 4.98 Å². The molecule has 0 saturated carbocycles. The minimum atomic E-state index is -0.950. The van der Waals surface area contributed by atoms with Crippen LogP contribution >= 0.6 is 23.2 Å². The molecule has 0 bridgehead atoms. The Morgan fingerprint density at radius 1 is 1.26 bits per heavy atom. The molecule has 1 amide bonds. The number of aromatic nitrogens is 1. The summed E-state index contributed by atoms with van der Waals surface area (Å²) in [6.07, 6.45) is 1.54. The summed E-state index contributed by atoms with van der Waals surface area (Å²) < 4.78 is 0. The van der Waals surface area contributed by atoms with Crippen molar-refractivity contribution in [2.45, 2.75) is 0 Å². The molecule has 0 spiro atoms. The second-order valence-corrected chi connectivity index (χ2v) is 6.24. The van der Waals surface area contributed by atoms with Gasteiger partial charge in [-0.05, 0) is 13.1 Å². The van der Waals surface area contributed by atoms with Gasteiger partial charge in [-0.1, -0.05) is 23.2 Å². The first-order valence-electron chi connectivity index (χ1n) is 7.11. The summed E-state index contributed by atoms with van der Waals surface area (Å²) in [4.78, 5) is 32.2. The third-order valence-corrected chi connectivity index (χ3v) is 4.02. The van der Waals surface area contributed by atoms with Gasteiger partial charge in [0.05, 0.1) is 23.1 Å². The van der Waals surface area contributed by atoms with E-state index in [0.717, 1.165) is 0 Å². The lowest BCUT2D eigenvalue weighted by Crippen LogP contribution is -2.51. The molecule has 1 aromatic heterocycles. The van der Waals surface area contributed by atoms with Gasteiger partial charge in [0.1, 0.15) is 5.82 Å². The van der Waals surface area contributed by atoms with Crippen molar-refractivity contribution in [3.63, 3.8) is 0 Å². The topological polar surface area (TPSA) is 77.0 Å². The molecule has 1 aliphatic rings. The predicted octanol–water partition coefficient (Wildman–Crippen LogP) is 1.05. The Bertz CT molecular complexity index is 591. The van der Waals surface area contributed by atoms with E-state index in [9.17, 15) is 9.59 Å². The van der Waals surface area contributed by atoms with Crippen LogP contribution in [0.15, 0.2) is 12.3 Å². The van der Waals surface area contributed by atoms with E-state index in [2.05, 4.69) is 4.98 Å². The highest BCUT2D eigenvalue weighted by molar-refractivity contribution is 6.36. The van der Waals surface area contributed by atoms with Crippen LogP contribution in [0.4, 0.5) is 5.82 Å². The smallest absolute Gasteiger partial charge is 0.317 e. The summed E-state index contributed by atoms with van der Waals surface area (Å²) in [5, 5.41) is 9.68. The van der Waals surface area contributed by atoms with E-state index in [0.29, 0.717) is 42.0 Å². The van der Waals surface area contributed by atoms with Gasteiger partial charge >= 0.3 is 5.97 Å². The number of hydrogen-bond acceptors (Lipinski definition) is 5. The quantitative estimate of drug-likeness (QED) is 0.845. The maximum absolute atomic E-state index is 12.2. The minimum Gasteiger partial charge on any atom is -0.480 e. The highest BCUT2D eigenvalue weighted by Gasteiger charge is 2.24. The van der Waals surface area contributed by atoms with E-state index < -0.39 is 5.97 Å². The van der Waals surface area contributed by atoms with Gasteiger partial charge in [0.15, 0.2) is 0 Å². The number of likely N-dealkylation sites (N-methyl/N-ethyl adjacent to an activating group) is 1. The van der Waals surface area contributed by atoms with Gasteiger partial charge in [-0.15, -0.1) is 0 Å². The van der Waals surface area contributed by atoms with Crippen molar-refractivity contribution in [1.82, 2.24) is 14.8 Å². The molecule has 2 rings (SSSR count). The number of carboxylic acid groups (broad SMARTS) is 1. The van der Waals surface area contributed by atoms with Crippen molar-refractivity contribution in [3.05, 3.63) is 22.3 Å². The summed E-state index contributed by atoms with van der Waals surface area (Å²) in [6.45, 7) is 2.24. The SMILES string of the molecule is CN(CC(=O)O)CC(=O)N1CCN(c2ncc(Cl)cc2Cl)CC1. The first-order valence-corrected chi connectivity index (χ1v) is 7.86. The maximum Gasteiger partial charge on any atom is 0.317 e. The standard InChI is InChI=1S/C14H18Cl2N4O3/c1-18(9-13(22)23)8-12(21)19-2-4-20(5-3-19)14-11(16)6-10(15)7-17-14/h6-7H,2-5,8-9H2,1H3,(H,22,23). The van der Waals surface area contributed by atoms with Crippen LogP contribution in [0, 0.1) is 0 Å². The highest BCUT2D eigenvalue weighted by Crippen LogP contribution is 2.26. The zero-order valence-electron chi connectivity index (χ0n) is 12.7. The minimum absolute atomic E-state index is 0.0800. The normalized spacial score (nSPS) is 15.1. The van der Waals surface area contributed by atoms with E-state index in [1.807, 2.05) is 4.90 Å². The number of anilines is 1. The lowest BCUT2D eigenvalue weighted by molar-refractivity contribution is -0.139. The molecule has 1 aromatic rings. The van der Waals surface area contributed by atoms with Gasteiger partial charge in [-0.3, -0.25) is 14.5 Å². The zero-order chi connectivity index (χ0) is 17.0. The molecular weight excluding hydrogens is 343 g/mol. The maximum atomic E-state index is 12.2. The van der Waals surface area contributed by atoms with Crippen LogP contribution in [0.25, 0.3) is 0 Å². The van der Waals surface area contributed by atoms with E-state index in [1.165, 1.54) is 4.90 Å². The van der Waals surface area contributed by atoms with E-state index in [-0.39, 0.29) is 19.0 Å². The fourth-order valence-corrected chi connectivity index (χ4v) is 2.93. The molecule has 2 heterocycles. The number of halogens is 2. The molecule has 7 nitrogen and oxygen atoms in total. The van der Waals surface area contributed by atoms with Gasteiger partial charge in [0, 0.05) is 32.4 Å². The van der Waals surface area contributed by atoms with Crippen LogP contribution in [-0.4, -0.2) is 78.1 Å². The number of nitrogens with zero attached hydrogens (tertiary/aromatic N) is 4. The van der Waals surface area contributed by atoms with E-state index in [4.69, 9.17) is 28.3 Å². The number of hydrogen-bond donors (Lipinski definition) is 1. The summed E-state index contributed by atoms with van der Waals surface area (Å²) >= 11 is 12.0. The van der Waals surface area contributed by atoms with Crippen LogP contribution in [0.3, 0.4) is 0 Å². The molecule has 0 aliphatic carbocycles. The number of carbonyl (C=O) groups excluding carboxylic acids is 1. The monoisotopic (exact) mass is 360 g/mol. The van der Waals surface area contributed by atoms with E-state index in [1.54, 1.807) is 24.2 Å². The Balaban J connectivity index is 1.88. The number of pyridine rings is 1. The number of carboxylic acids is 1. The lowest BCUT2D eigenvalue weighted by atomic mass is 10.3. The third-order valence-electron chi connectivity index (χ3n) is 3.53. The fourth-order valence-electron chi connectivity index (χ4n) is 2.43. The van der Waals surface area contributed by atoms with Gasteiger partial charge < -0.3 is 14.9 Å². The Morgan fingerprint density at radius 3 is 2.48 bits per heavy atom. The highest BCUT2D eigenvalue weighted by atomic mass is 35.5. The van der Waals surface area contributed by atoms with Crippen molar-refractivity contribution in [2.24, 2.45) is 0 Å². The van der Waals surface area contributed by atoms with Crippen LogP contribution in [0.2, 0.25) is 10.0 Å². The van der Waals surface area contributed by atoms with Crippen LogP contribution < -0.4 is 4.90 Å². The van der Waals surface area contributed by atoms with Crippen molar-refractivity contribution in [1.29, 1.82) is 0 Å². The first-order chi connectivity index (χ1) is 10.9. The van der Waals surface area contributed by atoms with Crippen LogP contribution in [0.5, 0.6) is 0 Å². The molecule has 0 unspecified atom stereocenters. The summed E-state index contributed by atoms with van der Waals surface area (Å²) in [5.74, 6) is -0.372. The van der Waals surface area contributed by atoms with Gasteiger partial charge in [0.2, 0.25) is 5.91 Å². The Hall–Kier alpha value is -1.57. The molecule has 1 saturated heterocycles. The summed E-state index contributed by atoms with van der Waals surface area (Å²) in [5.41, 5.74) is 0. The number of amides is 1. The van der Waals surface area contributed by atoms with Gasteiger partial charge in [-0.2, -0.15) is 0 Å². The summed E-state index contributed by atoms with van der Waals surface area (Å²) in [6, 6.07) is 1.64. The largest absolute Gasteiger partial charge is 0.480 e. The summed E-state index contributed by atoms with van der Waals surface area (Å²) in [7, 11) is 1.61. The Morgan fingerprint density at radius 2 is 1.91 bits per heavy atom. The average Bonchev–Trinajstić information content (AvgIpc) is 2.46. The van der Waals surface area contributed by atoms with Crippen molar-refractivity contribution < 1.29 is 14.7 Å². The second-order valence-electron chi connectivity index (χ2n) is 5.39.